The average molecular weight is 313 g/mol. The standard InChI is InChI=1S/C13H23N5O4/c1-8(2)7-9(11(20)15-4-3-10(14)19)17-13(22)18-6-5-16-12(18)21/h8-9H,3-7H2,1-2H3,(H2,14,19)(H,15,20)(H,16,21)(H,17,22)/t9-/m0/s1. The van der Waals surface area contributed by atoms with Crippen LogP contribution >= 0.6 is 0 Å². The van der Waals surface area contributed by atoms with Crippen LogP contribution in [-0.4, -0.2) is 54.5 Å². The zero-order valence-electron chi connectivity index (χ0n) is 12.8. The van der Waals surface area contributed by atoms with Crippen molar-refractivity contribution in [3.05, 3.63) is 0 Å². The number of nitrogens with zero attached hydrogens (tertiary/aromatic N) is 1. The van der Waals surface area contributed by atoms with Gasteiger partial charge in [0.25, 0.3) is 0 Å². The van der Waals surface area contributed by atoms with Gasteiger partial charge in [-0.3, -0.25) is 9.59 Å². The minimum atomic E-state index is -0.770. The Labute approximate surface area is 129 Å². The number of rotatable bonds is 7. The third-order valence-corrected chi connectivity index (χ3v) is 3.09. The van der Waals surface area contributed by atoms with Crippen molar-refractivity contribution in [3.8, 4) is 0 Å². The van der Waals surface area contributed by atoms with Crippen molar-refractivity contribution in [2.45, 2.75) is 32.7 Å². The molecule has 0 saturated carbocycles. The molecule has 1 aliphatic heterocycles. The molecule has 1 atom stereocenters. The highest BCUT2D eigenvalue weighted by Crippen LogP contribution is 2.07. The molecule has 9 nitrogen and oxygen atoms in total. The van der Waals surface area contributed by atoms with Crippen molar-refractivity contribution >= 4 is 23.9 Å². The van der Waals surface area contributed by atoms with Crippen molar-refractivity contribution in [2.24, 2.45) is 11.7 Å². The monoisotopic (exact) mass is 313 g/mol. The number of imide groups is 1. The van der Waals surface area contributed by atoms with Crippen LogP contribution in [0.15, 0.2) is 0 Å². The second-order valence-electron chi connectivity index (χ2n) is 5.52. The second-order valence-corrected chi connectivity index (χ2v) is 5.52. The summed E-state index contributed by atoms with van der Waals surface area (Å²) in [6.07, 6.45) is 0.451. The molecule has 0 aromatic carbocycles. The molecule has 9 heteroatoms. The van der Waals surface area contributed by atoms with Crippen LogP contribution in [-0.2, 0) is 9.59 Å². The van der Waals surface area contributed by atoms with Crippen LogP contribution in [0, 0.1) is 5.92 Å². The number of hydrogen-bond donors (Lipinski definition) is 4. The van der Waals surface area contributed by atoms with Gasteiger partial charge >= 0.3 is 12.1 Å². The van der Waals surface area contributed by atoms with E-state index in [1.54, 1.807) is 0 Å². The van der Waals surface area contributed by atoms with Gasteiger partial charge in [0.2, 0.25) is 11.8 Å². The van der Waals surface area contributed by atoms with Crippen molar-refractivity contribution in [3.63, 3.8) is 0 Å². The number of urea groups is 2. The predicted octanol–water partition coefficient (Wildman–Crippen LogP) is -0.872. The molecule has 1 fully saturated rings. The van der Waals surface area contributed by atoms with E-state index in [9.17, 15) is 19.2 Å². The molecule has 0 aliphatic carbocycles. The number of nitrogens with two attached hydrogens (primary N) is 1. The van der Waals surface area contributed by atoms with Crippen LogP contribution in [0.2, 0.25) is 0 Å². The first-order valence-corrected chi connectivity index (χ1v) is 7.23. The van der Waals surface area contributed by atoms with E-state index < -0.39 is 29.9 Å². The van der Waals surface area contributed by atoms with Crippen molar-refractivity contribution in [2.75, 3.05) is 19.6 Å². The largest absolute Gasteiger partial charge is 0.370 e. The Balaban J connectivity index is 2.59. The molecule has 0 unspecified atom stereocenters. The molecule has 1 rings (SSSR count). The van der Waals surface area contributed by atoms with Gasteiger partial charge in [-0.05, 0) is 12.3 Å². The number of carbonyl (C=O) groups excluding carboxylic acids is 4. The summed E-state index contributed by atoms with van der Waals surface area (Å²) >= 11 is 0. The van der Waals surface area contributed by atoms with Crippen LogP contribution in [0.4, 0.5) is 9.59 Å². The van der Waals surface area contributed by atoms with Crippen molar-refractivity contribution < 1.29 is 19.2 Å². The van der Waals surface area contributed by atoms with Gasteiger partial charge in [-0.25, -0.2) is 14.5 Å². The summed E-state index contributed by atoms with van der Waals surface area (Å²) in [6.45, 7) is 4.61. The smallest absolute Gasteiger partial charge is 0.326 e. The number of nitrogens with one attached hydrogen (secondary N) is 3. The number of carbonyl (C=O) groups is 4. The Kier molecular flexibility index (Phi) is 6.61. The van der Waals surface area contributed by atoms with Gasteiger partial charge in [-0.15, -0.1) is 0 Å². The summed E-state index contributed by atoms with van der Waals surface area (Å²) in [5.74, 6) is -0.749. The molecule has 6 amide bonds. The first-order chi connectivity index (χ1) is 10.3. The molecule has 5 N–H and O–H groups in total. The SMILES string of the molecule is CC(C)C[C@H](NC(=O)N1CCNC1=O)C(=O)NCCC(N)=O. The lowest BCUT2D eigenvalue weighted by Gasteiger charge is -2.22. The highest BCUT2D eigenvalue weighted by atomic mass is 16.2. The molecule has 0 aromatic rings. The quantitative estimate of drug-likeness (QED) is 0.486. The van der Waals surface area contributed by atoms with Crippen LogP contribution in [0.5, 0.6) is 0 Å². The molecule has 0 radical (unpaired) electrons. The van der Waals surface area contributed by atoms with E-state index in [0.717, 1.165) is 4.90 Å². The van der Waals surface area contributed by atoms with Gasteiger partial charge in [-0.1, -0.05) is 13.8 Å². The molecule has 1 aliphatic rings. The predicted molar refractivity (Wildman–Crippen MR) is 78.7 cm³/mol. The molecule has 22 heavy (non-hydrogen) atoms. The fourth-order valence-electron chi connectivity index (χ4n) is 2.03. The lowest BCUT2D eigenvalue weighted by Crippen LogP contribution is -2.52. The van der Waals surface area contributed by atoms with E-state index in [-0.39, 0.29) is 25.4 Å². The Bertz CT molecular complexity index is 452. The average Bonchev–Trinajstić information content (AvgIpc) is 2.83. The minimum Gasteiger partial charge on any atom is -0.370 e. The van der Waals surface area contributed by atoms with Gasteiger partial charge in [0, 0.05) is 26.1 Å². The van der Waals surface area contributed by atoms with Crippen LogP contribution in [0.25, 0.3) is 0 Å². The Hall–Kier alpha value is -2.32. The van der Waals surface area contributed by atoms with Crippen LogP contribution < -0.4 is 21.7 Å². The summed E-state index contributed by atoms with van der Waals surface area (Å²) < 4.78 is 0. The third kappa shape index (κ3) is 5.58. The maximum absolute atomic E-state index is 12.1. The summed E-state index contributed by atoms with van der Waals surface area (Å²) in [7, 11) is 0. The third-order valence-electron chi connectivity index (χ3n) is 3.09. The Morgan fingerprint density at radius 3 is 2.55 bits per heavy atom. The number of primary amides is 1. The van der Waals surface area contributed by atoms with E-state index in [1.165, 1.54) is 0 Å². The normalized spacial score (nSPS) is 15.4. The number of hydrogen-bond acceptors (Lipinski definition) is 4. The van der Waals surface area contributed by atoms with Gasteiger partial charge in [0.05, 0.1) is 0 Å². The molecule has 124 valence electrons. The fourth-order valence-corrected chi connectivity index (χ4v) is 2.03. The molecule has 0 spiro atoms. The minimum absolute atomic E-state index is 0.0304. The van der Waals surface area contributed by atoms with E-state index in [0.29, 0.717) is 13.0 Å². The summed E-state index contributed by atoms with van der Waals surface area (Å²) in [5, 5.41) is 7.62. The molecular weight excluding hydrogens is 290 g/mol. The Morgan fingerprint density at radius 1 is 1.36 bits per heavy atom. The zero-order chi connectivity index (χ0) is 16.7. The first-order valence-electron chi connectivity index (χ1n) is 7.23. The second kappa shape index (κ2) is 8.20. The van der Waals surface area contributed by atoms with E-state index >= 15 is 0 Å². The molecule has 1 saturated heterocycles. The van der Waals surface area contributed by atoms with Gasteiger partial charge in [0.15, 0.2) is 0 Å². The maximum atomic E-state index is 12.1. The van der Waals surface area contributed by atoms with Crippen molar-refractivity contribution in [1.82, 2.24) is 20.9 Å². The van der Waals surface area contributed by atoms with Crippen LogP contribution in [0.3, 0.4) is 0 Å². The fraction of sp³-hybridized carbons (Fsp3) is 0.692. The highest BCUT2D eigenvalue weighted by molar-refractivity contribution is 5.97. The lowest BCUT2D eigenvalue weighted by molar-refractivity contribution is -0.123. The van der Waals surface area contributed by atoms with E-state index in [4.69, 9.17) is 5.73 Å². The Morgan fingerprint density at radius 2 is 2.05 bits per heavy atom. The molecule has 1 heterocycles. The van der Waals surface area contributed by atoms with E-state index in [1.807, 2.05) is 13.8 Å². The first kappa shape index (κ1) is 17.7. The van der Waals surface area contributed by atoms with Gasteiger partial charge in [0.1, 0.15) is 6.04 Å². The van der Waals surface area contributed by atoms with Gasteiger partial charge < -0.3 is 21.7 Å². The summed E-state index contributed by atoms with van der Waals surface area (Å²) in [4.78, 5) is 47.3. The number of amides is 6. The zero-order valence-corrected chi connectivity index (χ0v) is 12.8. The molecule has 0 aromatic heterocycles. The van der Waals surface area contributed by atoms with Crippen LogP contribution in [0.1, 0.15) is 26.7 Å². The van der Waals surface area contributed by atoms with Gasteiger partial charge in [-0.2, -0.15) is 0 Å². The summed E-state index contributed by atoms with van der Waals surface area (Å²) in [5.41, 5.74) is 5.00. The molecule has 0 bridgehead atoms. The van der Waals surface area contributed by atoms with Crippen molar-refractivity contribution in [1.29, 1.82) is 0 Å². The highest BCUT2D eigenvalue weighted by Gasteiger charge is 2.30. The molecular formula is C13H23N5O4. The lowest BCUT2D eigenvalue weighted by atomic mass is 10.0. The summed E-state index contributed by atoms with van der Waals surface area (Å²) in [6, 6.07) is -1.85. The van der Waals surface area contributed by atoms with E-state index in [2.05, 4.69) is 16.0 Å². The topological polar surface area (TPSA) is 134 Å². The maximum Gasteiger partial charge on any atom is 0.326 e.